The van der Waals surface area contributed by atoms with Gasteiger partial charge in [0.1, 0.15) is 12.4 Å². The van der Waals surface area contributed by atoms with Gasteiger partial charge in [-0.25, -0.2) is 14.8 Å². The highest BCUT2D eigenvalue weighted by Crippen LogP contribution is 2.31. The highest BCUT2D eigenvalue weighted by atomic mass is 35.5. The van der Waals surface area contributed by atoms with E-state index in [2.05, 4.69) is 48.1 Å². The van der Waals surface area contributed by atoms with Crippen molar-refractivity contribution in [2.24, 2.45) is 0 Å². The van der Waals surface area contributed by atoms with Gasteiger partial charge >= 0.3 is 6.09 Å². The predicted octanol–water partition coefficient (Wildman–Crippen LogP) is 6.54. The van der Waals surface area contributed by atoms with Crippen molar-refractivity contribution in [2.45, 2.75) is 36.9 Å². The molecule has 2 N–H and O–H groups in total. The minimum absolute atomic E-state index is 0.133. The molecule has 4 rings (SSSR count). The molecule has 38 heavy (non-hydrogen) atoms. The number of aromatic nitrogens is 2. The molecule has 1 saturated heterocycles. The lowest BCUT2D eigenvalue weighted by molar-refractivity contribution is 0.122. The Balaban J connectivity index is 1.49. The summed E-state index contributed by atoms with van der Waals surface area (Å²) in [4.78, 5) is 25.2. The second-order valence-electron chi connectivity index (χ2n) is 8.65. The lowest BCUT2D eigenvalue weighted by atomic mass is 10.2. The van der Waals surface area contributed by atoms with Crippen LogP contribution < -0.4 is 15.5 Å². The van der Waals surface area contributed by atoms with Gasteiger partial charge in [0.15, 0.2) is 4.34 Å². The van der Waals surface area contributed by atoms with Crippen LogP contribution in [0, 0.1) is 6.92 Å². The van der Waals surface area contributed by atoms with Crippen LogP contribution in [-0.2, 0) is 28.2 Å². The number of pyridine rings is 1. The number of morpholine rings is 1. The van der Waals surface area contributed by atoms with Crippen molar-refractivity contribution < 1.29 is 14.3 Å². The molecule has 0 spiro atoms. The first-order valence-corrected chi connectivity index (χ1v) is 14.6. The van der Waals surface area contributed by atoms with Crippen LogP contribution in [0.2, 0.25) is 5.02 Å². The number of nitrogens with zero attached hydrogens (tertiary/aromatic N) is 3. The molecule has 3 heterocycles. The number of aryl methyl sites for hydroxylation is 2. The Morgan fingerprint density at radius 3 is 2.82 bits per heavy atom. The number of ether oxygens (including phenoxy) is 2. The fraction of sp³-hybridized carbons (Fsp3) is 0.370. The van der Waals surface area contributed by atoms with E-state index < -0.39 is 6.09 Å². The smallest absolute Gasteiger partial charge is 0.411 e. The zero-order valence-electron chi connectivity index (χ0n) is 21.6. The van der Waals surface area contributed by atoms with Crippen molar-refractivity contribution in [1.82, 2.24) is 9.97 Å². The van der Waals surface area contributed by atoms with E-state index in [4.69, 9.17) is 31.0 Å². The monoisotopic (exact) mass is 573 g/mol. The Kier molecular flexibility index (Phi) is 10.3. The Bertz CT molecular complexity index is 1260. The van der Waals surface area contributed by atoms with Gasteiger partial charge in [-0.15, -0.1) is 11.3 Å². The molecule has 0 unspecified atom stereocenters. The summed E-state index contributed by atoms with van der Waals surface area (Å²) in [7, 11) is 0. The number of thiazole rings is 1. The normalized spacial score (nSPS) is 13.3. The second-order valence-corrected chi connectivity index (χ2v) is 11.4. The van der Waals surface area contributed by atoms with Crippen LogP contribution >= 0.6 is 34.7 Å². The van der Waals surface area contributed by atoms with Crippen LogP contribution in [0.4, 0.5) is 22.0 Å². The third-order valence-electron chi connectivity index (χ3n) is 5.79. The highest BCUT2D eigenvalue weighted by Gasteiger charge is 2.15. The number of carbonyl (C=O) groups excluding carboxylic acids is 1. The lowest BCUT2D eigenvalue weighted by Gasteiger charge is -2.29. The quantitative estimate of drug-likeness (QED) is 0.197. The van der Waals surface area contributed by atoms with Crippen LogP contribution in [0.3, 0.4) is 0 Å². The minimum Gasteiger partial charge on any atom is -0.445 e. The van der Waals surface area contributed by atoms with Gasteiger partial charge in [0.2, 0.25) is 0 Å². The topological polar surface area (TPSA) is 88.6 Å². The third kappa shape index (κ3) is 8.10. The highest BCUT2D eigenvalue weighted by molar-refractivity contribution is 8.00. The average molecular weight is 574 g/mol. The largest absolute Gasteiger partial charge is 0.445 e. The maximum absolute atomic E-state index is 11.9. The molecule has 202 valence electrons. The van der Waals surface area contributed by atoms with Crippen molar-refractivity contribution in [3.63, 3.8) is 0 Å². The van der Waals surface area contributed by atoms with E-state index in [0.29, 0.717) is 30.5 Å². The number of carbonyl (C=O) groups is 1. The first-order valence-electron chi connectivity index (χ1n) is 12.4. The van der Waals surface area contributed by atoms with Gasteiger partial charge in [-0.05, 0) is 43.2 Å². The van der Waals surface area contributed by atoms with Gasteiger partial charge < -0.3 is 19.7 Å². The summed E-state index contributed by atoms with van der Waals surface area (Å²) >= 11 is 9.79. The Morgan fingerprint density at radius 2 is 2.08 bits per heavy atom. The molecule has 1 aliphatic heterocycles. The average Bonchev–Trinajstić information content (AvgIpc) is 3.29. The molecule has 0 saturated carbocycles. The maximum atomic E-state index is 11.9. The summed E-state index contributed by atoms with van der Waals surface area (Å²) in [6.45, 7) is 11.5. The SMILES string of the molecule is C=CCOC(=O)Nc1cc(Cl)cc(CNc2cc(N3CCOCC3)cc(CSc3nc(C)c(CC)s3)n2)c1. The van der Waals surface area contributed by atoms with Crippen LogP contribution in [0.1, 0.15) is 28.8 Å². The van der Waals surface area contributed by atoms with Crippen molar-refractivity contribution in [1.29, 1.82) is 0 Å². The number of thioether (sulfide) groups is 1. The molecule has 2 aromatic heterocycles. The number of hydrogen-bond donors (Lipinski definition) is 2. The Labute approximate surface area is 236 Å². The van der Waals surface area contributed by atoms with Crippen molar-refractivity contribution in [3.05, 3.63) is 69.8 Å². The maximum Gasteiger partial charge on any atom is 0.411 e. The zero-order valence-corrected chi connectivity index (χ0v) is 24.0. The van der Waals surface area contributed by atoms with Gasteiger partial charge in [-0.2, -0.15) is 0 Å². The zero-order chi connectivity index (χ0) is 26.9. The molecule has 1 fully saturated rings. The minimum atomic E-state index is -0.561. The molecule has 0 bridgehead atoms. The first kappa shape index (κ1) is 28.2. The number of hydrogen-bond acceptors (Lipinski definition) is 9. The van der Waals surface area contributed by atoms with Gasteiger partial charge in [0, 0.05) is 52.7 Å². The molecule has 0 aliphatic carbocycles. The van der Waals surface area contributed by atoms with Crippen molar-refractivity contribution in [2.75, 3.05) is 48.4 Å². The number of nitrogens with one attached hydrogen (secondary N) is 2. The van der Waals surface area contributed by atoms with E-state index in [-0.39, 0.29) is 6.61 Å². The van der Waals surface area contributed by atoms with Gasteiger partial charge in [0.05, 0.1) is 24.6 Å². The molecule has 1 amide bonds. The number of halogens is 1. The van der Waals surface area contributed by atoms with E-state index >= 15 is 0 Å². The molecule has 0 atom stereocenters. The molecule has 1 aliphatic rings. The first-order chi connectivity index (χ1) is 18.4. The van der Waals surface area contributed by atoms with E-state index in [1.54, 1.807) is 29.2 Å². The number of amides is 1. The lowest BCUT2D eigenvalue weighted by Crippen LogP contribution is -2.36. The van der Waals surface area contributed by atoms with Gasteiger partial charge in [-0.1, -0.05) is 42.9 Å². The van der Waals surface area contributed by atoms with E-state index in [1.807, 2.05) is 12.1 Å². The van der Waals surface area contributed by atoms with E-state index in [0.717, 1.165) is 58.1 Å². The van der Waals surface area contributed by atoms with Crippen LogP contribution in [0.5, 0.6) is 0 Å². The predicted molar refractivity (Wildman–Crippen MR) is 157 cm³/mol. The molecule has 3 aromatic rings. The summed E-state index contributed by atoms with van der Waals surface area (Å²) < 4.78 is 11.6. The standard InChI is InChI=1S/C27H32ClN5O3S2/c1-4-8-36-26(34)32-21-12-19(11-20(28)13-21)16-29-25-15-23(33-6-9-35-10-7-33)14-22(31-25)17-37-27-30-18(3)24(5-2)38-27/h4,11-15H,1,5-10,16-17H2,2-3H3,(H,29,31)(H,32,34). The van der Waals surface area contributed by atoms with Crippen LogP contribution in [0.25, 0.3) is 0 Å². The van der Waals surface area contributed by atoms with E-state index in [9.17, 15) is 4.79 Å². The molecular formula is C27H32ClN5O3S2. The summed E-state index contributed by atoms with van der Waals surface area (Å²) in [6, 6.07) is 9.61. The van der Waals surface area contributed by atoms with Crippen LogP contribution in [-0.4, -0.2) is 49.0 Å². The molecule has 1 aromatic carbocycles. The Hall–Kier alpha value is -2.79. The number of rotatable bonds is 11. The molecular weight excluding hydrogens is 542 g/mol. The van der Waals surface area contributed by atoms with Crippen LogP contribution in [0.15, 0.2) is 47.3 Å². The summed E-state index contributed by atoms with van der Waals surface area (Å²) in [5.41, 5.74) is 4.66. The fourth-order valence-electron chi connectivity index (χ4n) is 3.97. The third-order valence-corrected chi connectivity index (χ3v) is 8.48. The van der Waals surface area contributed by atoms with Crippen molar-refractivity contribution in [3.8, 4) is 0 Å². The van der Waals surface area contributed by atoms with Crippen molar-refractivity contribution >= 4 is 58.0 Å². The van der Waals surface area contributed by atoms with Gasteiger partial charge in [-0.3, -0.25) is 5.32 Å². The molecule has 0 radical (unpaired) electrons. The molecule has 11 heteroatoms. The van der Waals surface area contributed by atoms with E-state index in [1.165, 1.54) is 11.0 Å². The summed E-state index contributed by atoms with van der Waals surface area (Å²) in [5.74, 6) is 1.50. The summed E-state index contributed by atoms with van der Waals surface area (Å²) in [6.07, 6.45) is 1.95. The van der Waals surface area contributed by atoms with Gasteiger partial charge in [0.25, 0.3) is 0 Å². The summed E-state index contributed by atoms with van der Waals surface area (Å²) in [5, 5.41) is 6.65. The second kappa shape index (κ2) is 13.8. The number of anilines is 3. The number of benzene rings is 1. The Morgan fingerprint density at radius 1 is 1.26 bits per heavy atom. The fourth-order valence-corrected chi connectivity index (χ4v) is 6.30. The molecule has 8 nitrogen and oxygen atoms in total.